The fourth-order valence-corrected chi connectivity index (χ4v) is 3.49. The van der Waals surface area contributed by atoms with Gasteiger partial charge in [0.25, 0.3) is 0 Å². The minimum absolute atomic E-state index is 0.0239. The number of hydrogen-bond acceptors (Lipinski definition) is 4. The zero-order valence-corrected chi connectivity index (χ0v) is 15.6. The largest absolute Gasteiger partial charge is 0.348 e. The Morgan fingerprint density at radius 3 is 2.52 bits per heavy atom. The summed E-state index contributed by atoms with van der Waals surface area (Å²) in [5.74, 6) is -0.246. The van der Waals surface area contributed by atoms with Crippen LogP contribution in [0.2, 0.25) is 0 Å². The van der Waals surface area contributed by atoms with E-state index in [9.17, 15) is 9.59 Å². The number of aromatic amines is 1. The number of hydrogen-bond donors (Lipinski definition) is 2. The molecule has 2 heterocycles. The van der Waals surface area contributed by atoms with Crippen LogP contribution in [0.5, 0.6) is 0 Å². The van der Waals surface area contributed by atoms with Gasteiger partial charge in [-0.2, -0.15) is 5.26 Å². The standard InChI is InChI=1S/C22H19N5O2/c23-10-16-3-1-15(2-4-16)9-19(20-11-24-14-26-20)17-5-7-18(8-6-17)27-13-21(28)25-12-22(27)29/h1-8,11,14,19H,9,12-13H2,(H,24,26)(H,25,28). The molecule has 0 radical (unpaired) electrons. The van der Waals surface area contributed by atoms with Crippen LogP contribution in [0.1, 0.15) is 28.3 Å². The van der Waals surface area contributed by atoms with Gasteiger partial charge in [0.15, 0.2) is 0 Å². The van der Waals surface area contributed by atoms with Gasteiger partial charge in [0.2, 0.25) is 11.8 Å². The quantitative estimate of drug-likeness (QED) is 0.702. The highest BCUT2D eigenvalue weighted by atomic mass is 16.2. The summed E-state index contributed by atoms with van der Waals surface area (Å²) in [5, 5.41) is 11.5. The van der Waals surface area contributed by atoms with Gasteiger partial charge < -0.3 is 15.2 Å². The van der Waals surface area contributed by atoms with Crippen LogP contribution in [0.4, 0.5) is 5.69 Å². The number of carbonyl (C=O) groups excluding carboxylic acids is 2. The normalized spacial score (nSPS) is 14.9. The Kier molecular flexibility index (Phi) is 5.08. The molecule has 1 aliphatic heterocycles. The van der Waals surface area contributed by atoms with Gasteiger partial charge in [-0.05, 0) is 41.8 Å². The van der Waals surface area contributed by atoms with Crippen molar-refractivity contribution in [1.82, 2.24) is 15.3 Å². The van der Waals surface area contributed by atoms with Crippen molar-refractivity contribution in [2.45, 2.75) is 12.3 Å². The number of anilines is 1. The maximum absolute atomic E-state index is 12.1. The van der Waals surface area contributed by atoms with Gasteiger partial charge in [-0.3, -0.25) is 9.59 Å². The highest BCUT2D eigenvalue weighted by Gasteiger charge is 2.25. The van der Waals surface area contributed by atoms with E-state index in [-0.39, 0.29) is 30.8 Å². The van der Waals surface area contributed by atoms with Crippen molar-refractivity contribution in [3.63, 3.8) is 0 Å². The van der Waals surface area contributed by atoms with Crippen LogP contribution < -0.4 is 10.2 Å². The summed E-state index contributed by atoms with van der Waals surface area (Å²) in [6, 6.07) is 17.4. The lowest BCUT2D eigenvalue weighted by molar-refractivity contribution is -0.128. The van der Waals surface area contributed by atoms with Crippen LogP contribution in [0, 0.1) is 11.3 Å². The molecule has 1 unspecified atom stereocenters. The average molecular weight is 385 g/mol. The van der Waals surface area contributed by atoms with Crippen molar-refractivity contribution in [3.8, 4) is 6.07 Å². The molecule has 3 aromatic rings. The summed E-state index contributed by atoms with van der Waals surface area (Å²) in [4.78, 5) is 32.6. The summed E-state index contributed by atoms with van der Waals surface area (Å²) < 4.78 is 0. The van der Waals surface area contributed by atoms with Gasteiger partial charge in [0.1, 0.15) is 6.54 Å². The molecular formula is C22H19N5O2. The number of piperazine rings is 1. The monoisotopic (exact) mass is 385 g/mol. The zero-order valence-electron chi connectivity index (χ0n) is 15.6. The number of H-pyrrole nitrogens is 1. The molecule has 0 saturated carbocycles. The molecule has 4 rings (SSSR count). The molecule has 1 atom stereocenters. The van der Waals surface area contributed by atoms with Crippen molar-refractivity contribution in [2.75, 3.05) is 18.0 Å². The van der Waals surface area contributed by atoms with Gasteiger partial charge in [0.05, 0.1) is 24.5 Å². The van der Waals surface area contributed by atoms with Crippen molar-refractivity contribution >= 4 is 17.5 Å². The highest BCUT2D eigenvalue weighted by Crippen LogP contribution is 2.29. The third kappa shape index (κ3) is 4.01. The van der Waals surface area contributed by atoms with Crippen molar-refractivity contribution in [1.29, 1.82) is 5.26 Å². The number of rotatable bonds is 5. The fraction of sp³-hybridized carbons (Fsp3) is 0.182. The van der Waals surface area contributed by atoms with E-state index in [0.717, 1.165) is 23.2 Å². The molecule has 2 amide bonds. The molecule has 7 heteroatoms. The second kappa shape index (κ2) is 7.98. The predicted octanol–water partition coefficient (Wildman–Crippen LogP) is 2.12. The third-order valence-corrected chi connectivity index (χ3v) is 5.06. The second-order valence-electron chi connectivity index (χ2n) is 6.92. The molecular weight excluding hydrogens is 366 g/mol. The smallest absolute Gasteiger partial charge is 0.246 e. The predicted molar refractivity (Wildman–Crippen MR) is 107 cm³/mol. The van der Waals surface area contributed by atoms with E-state index >= 15 is 0 Å². The summed E-state index contributed by atoms with van der Waals surface area (Å²) in [6.45, 7) is 0.0590. The topological polar surface area (TPSA) is 102 Å². The maximum atomic E-state index is 12.1. The molecule has 0 bridgehead atoms. The van der Waals surface area contributed by atoms with Crippen LogP contribution >= 0.6 is 0 Å². The molecule has 1 aliphatic rings. The first-order chi connectivity index (χ1) is 14.1. The Morgan fingerprint density at radius 2 is 1.86 bits per heavy atom. The Balaban J connectivity index is 1.60. The van der Waals surface area contributed by atoms with Crippen molar-refractivity contribution < 1.29 is 9.59 Å². The van der Waals surface area contributed by atoms with Crippen LogP contribution in [0.25, 0.3) is 0 Å². The summed E-state index contributed by atoms with van der Waals surface area (Å²) in [5.41, 5.74) is 4.49. The number of amides is 2. The number of imidazole rings is 1. The van der Waals surface area contributed by atoms with Gasteiger partial charge in [-0.25, -0.2) is 4.98 Å². The van der Waals surface area contributed by atoms with E-state index in [1.54, 1.807) is 12.5 Å². The first-order valence-corrected chi connectivity index (χ1v) is 9.28. The van der Waals surface area contributed by atoms with Gasteiger partial charge >= 0.3 is 0 Å². The number of carbonyl (C=O) groups is 2. The molecule has 1 saturated heterocycles. The van der Waals surface area contributed by atoms with Gasteiger partial charge in [-0.15, -0.1) is 0 Å². The molecule has 2 aromatic carbocycles. The Labute approximate surface area is 168 Å². The lowest BCUT2D eigenvalue weighted by Gasteiger charge is -2.27. The molecule has 29 heavy (non-hydrogen) atoms. The Morgan fingerprint density at radius 1 is 1.10 bits per heavy atom. The lowest BCUT2D eigenvalue weighted by Crippen LogP contribution is -2.51. The fourth-order valence-electron chi connectivity index (χ4n) is 3.49. The summed E-state index contributed by atoms with van der Waals surface area (Å²) in [6.07, 6.45) is 4.19. The van der Waals surface area contributed by atoms with Crippen LogP contribution in [-0.4, -0.2) is 34.9 Å². The van der Waals surface area contributed by atoms with Crippen LogP contribution in [-0.2, 0) is 16.0 Å². The number of nitrogens with one attached hydrogen (secondary N) is 2. The minimum atomic E-state index is -0.162. The minimum Gasteiger partial charge on any atom is -0.348 e. The highest BCUT2D eigenvalue weighted by molar-refractivity contribution is 6.04. The van der Waals surface area contributed by atoms with E-state index in [1.807, 2.05) is 48.5 Å². The van der Waals surface area contributed by atoms with Gasteiger partial charge in [0, 0.05) is 23.5 Å². The number of nitriles is 1. The van der Waals surface area contributed by atoms with Crippen molar-refractivity contribution in [2.24, 2.45) is 0 Å². The molecule has 2 N–H and O–H groups in total. The van der Waals surface area contributed by atoms with E-state index in [2.05, 4.69) is 21.4 Å². The van der Waals surface area contributed by atoms with Crippen LogP contribution in [0.3, 0.4) is 0 Å². The molecule has 7 nitrogen and oxygen atoms in total. The third-order valence-electron chi connectivity index (χ3n) is 5.06. The average Bonchev–Trinajstić information content (AvgIpc) is 3.29. The van der Waals surface area contributed by atoms with Crippen molar-refractivity contribution in [3.05, 3.63) is 83.4 Å². The van der Waals surface area contributed by atoms with E-state index in [1.165, 1.54) is 4.90 Å². The van der Waals surface area contributed by atoms with E-state index < -0.39 is 0 Å². The van der Waals surface area contributed by atoms with E-state index in [0.29, 0.717) is 11.3 Å². The second-order valence-corrected chi connectivity index (χ2v) is 6.92. The molecule has 1 fully saturated rings. The van der Waals surface area contributed by atoms with E-state index in [4.69, 9.17) is 5.26 Å². The summed E-state index contributed by atoms with van der Waals surface area (Å²) >= 11 is 0. The zero-order chi connectivity index (χ0) is 20.2. The maximum Gasteiger partial charge on any atom is 0.246 e. The number of nitrogens with zero attached hydrogens (tertiary/aromatic N) is 3. The number of aromatic nitrogens is 2. The molecule has 1 aromatic heterocycles. The summed E-state index contributed by atoms with van der Waals surface area (Å²) in [7, 11) is 0. The van der Waals surface area contributed by atoms with Crippen LogP contribution in [0.15, 0.2) is 61.1 Å². The Bertz CT molecular complexity index is 1050. The molecule has 0 aliphatic carbocycles. The molecule has 144 valence electrons. The van der Waals surface area contributed by atoms with Gasteiger partial charge in [-0.1, -0.05) is 24.3 Å². The SMILES string of the molecule is N#Cc1ccc(CC(c2ccc(N3CC(=O)NCC3=O)cc2)c2cnc[nH]2)cc1. The lowest BCUT2D eigenvalue weighted by atomic mass is 9.89. The first-order valence-electron chi connectivity index (χ1n) is 9.28. The number of benzene rings is 2. The molecule has 0 spiro atoms. The Hall–Kier alpha value is -3.92. The first kappa shape index (κ1) is 18.4.